The Morgan fingerprint density at radius 1 is 1.20 bits per heavy atom. The molecule has 0 saturated carbocycles. The molecule has 0 atom stereocenters. The highest BCUT2D eigenvalue weighted by Gasteiger charge is 2.26. The Kier molecular flexibility index (Phi) is 5.52. The van der Waals surface area contributed by atoms with Gasteiger partial charge in [-0.25, -0.2) is 4.79 Å². The Morgan fingerprint density at radius 2 is 2.03 bits per heavy atom. The molecule has 2 aromatic rings. The summed E-state index contributed by atoms with van der Waals surface area (Å²) >= 11 is 0. The fourth-order valence-corrected chi connectivity index (χ4v) is 3.68. The predicted octanol–water partition coefficient (Wildman–Crippen LogP) is 2.97. The summed E-state index contributed by atoms with van der Waals surface area (Å²) in [6.45, 7) is 1.71. The molecule has 2 aliphatic heterocycles. The van der Waals surface area contributed by atoms with Crippen molar-refractivity contribution in [3.63, 3.8) is 0 Å². The smallest absolute Gasteiger partial charge is 0.337 e. The van der Waals surface area contributed by atoms with Crippen molar-refractivity contribution in [2.24, 2.45) is 0 Å². The zero-order valence-electron chi connectivity index (χ0n) is 16.6. The fraction of sp³-hybridized carbons (Fsp3) is 0.261. The second kappa shape index (κ2) is 8.41. The van der Waals surface area contributed by atoms with Gasteiger partial charge in [0, 0.05) is 35.4 Å². The van der Waals surface area contributed by atoms with Crippen LogP contribution in [0.4, 0.5) is 5.69 Å². The monoisotopic (exact) mass is 406 g/mol. The zero-order chi connectivity index (χ0) is 21.1. The van der Waals surface area contributed by atoms with Crippen molar-refractivity contribution in [1.29, 1.82) is 0 Å². The average Bonchev–Trinajstić information content (AvgIpc) is 3.30. The zero-order valence-corrected chi connectivity index (χ0v) is 16.6. The van der Waals surface area contributed by atoms with Crippen molar-refractivity contribution in [1.82, 2.24) is 4.90 Å². The molecule has 2 amide bonds. The van der Waals surface area contributed by atoms with Crippen molar-refractivity contribution >= 4 is 35.1 Å². The first-order chi connectivity index (χ1) is 14.6. The van der Waals surface area contributed by atoms with Crippen molar-refractivity contribution in [3.8, 4) is 5.75 Å². The second-order valence-corrected chi connectivity index (χ2v) is 7.13. The number of carbonyl (C=O) groups excluding carboxylic acids is 3. The molecule has 2 aliphatic rings. The number of amides is 2. The quantitative estimate of drug-likeness (QED) is 0.589. The molecule has 1 saturated heterocycles. The highest BCUT2D eigenvalue weighted by molar-refractivity contribution is 6.35. The first-order valence-electron chi connectivity index (χ1n) is 9.82. The number of nitrogens with one attached hydrogen (secondary N) is 1. The van der Waals surface area contributed by atoms with E-state index in [1.54, 1.807) is 29.2 Å². The molecule has 30 heavy (non-hydrogen) atoms. The largest absolute Gasteiger partial charge is 0.491 e. The fourth-order valence-electron chi connectivity index (χ4n) is 3.68. The molecule has 0 aromatic heterocycles. The van der Waals surface area contributed by atoms with E-state index < -0.39 is 5.97 Å². The van der Waals surface area contributed by atoms with Crippen molar-refractivity contribution < 1.29 is 23.9 Å². The maximum absolute atomic E-state index is 12.5. The Hall–Kier alpha value is -3.61. The minimum absolute atomic E-state index is 0.166. The first-order valence-corrected chi connectivity index (χ1v) is 9.82. The molecule has 0 unspecified atom stereocenters. The Labute approximate surface area is 174 Å². The average molecular weight is 406 g/mol. The maximum atomic E-state index is 12.5. The summed E-state index contributed by atoms with van der Waals surface area (Å²) in [6.07, 6.45) is 3.28. The Bertz CT molecular complexity index is 1040. The van der Waals surface area contributed by atoms with Gasteiger partial charge in [0.1, 0.15) is 12.4 Å². The van der Waals surface area contributed by atoms with E-state index in [9.17, 15) is 14.4 Å². The first kappa shape index (κ1) is 19.7. The number of anilines is 1. The molecule has 1 N–H and O–H groups in total. The molecule has 0 spiro atoms. The topological polar surface area (TPSA) is 84.9 Å². The number of likely N-dealkylation sites (tertiary alicyclic amines) is 1. The van der Waals surface area contributed by atoms with Gasteiger partial charge in [-0.05, 0) is 30.7 Å². The summed E-state index contributed by atoms with van der Waals surface area (Å²) in [5.74, 6) is 0.104. The highest BCUT2D eigenvalue weighted by Crippen LogP contribution is 2.35. The Morgan fingerprint density at radius 3 is 2.80 bits per heavy atom. The molecule has 4 rings (SSSR count). The molecular weight excluding hydrogens is 384 g/mol. The van der Waals surface area contributed by atoms with Gasteiger partial charge in [-0.3, -0.25) is 9.59 Å². The van der Waals surface area contributed by atoms with E-state index in [0.717, 1.165) is 18.5 Å². The van der Waals surface area contributed by atoms with Crippen molar-refractivity contribution in [2.75, 3.05) is 32.1 Å². The highest BCUT2D eigenvalue weighted by atomic mass is 16.5. The van der Waals surface area contributed by atoms with E-state index in [1.165, 1.54) is 7.11 Å². The molecule has 0 bridgehead atoms. The van der Waals surface area contributed by atoms with E-state index in [4.69, 9.17) is 9.47 Å². The van der Waals surface area contributed by atoms with Crippen LogP contribution in [0.5, 0.6) is 5.75 Å². The van der Waals surface area contributed by atoms with E-state index in [0.29, 0.717) is 47.7 Å². The minimum Gasteiger partial charge on any atom is -0.491 e. The normalized spacial score (nSPS) is 16.6. The number of nitrogens with zero attached hydrogens (tertiary/aromatic N) is 1. The van der Waals surface area contributed by atoms with E-state index in [1.807, 2.05) is 24.3 Å². The van der Waals surface area contributed by atoms with Crippen molar-refractivity contribution in [2.45, 2.75) is 12.8 Å². The van der Waals surface area contributed by atoms with Crippen LogP contribution in [-0.2, 0) is 14.3 Å². The number of benzene rings is 2. The summed E-state index contributed by atoms with van der Waals surface area (Å²) in [5.41, 5.74) is 2.91. The molecule has 7 heteroatoms. The summed E-state index contributed by atoms with van der Waals surface area (Å²) in [5, 5.41) is 2.79. The number of para-hydroxylation sites is 1. The molecule has 7 nitrogen and oxygen atoms in total. The van der Waals surface area contributed by atoms with Gasteiger partial charge in [0.25, 0.3) is 5.91 Å². The lowest BCUT2D eigenvalue weighted by Gasteiger charge is -2.16. The number of fused-ring (bicyclic) bond motifs is 1. The van der Waals surface area contributed by atoms with Crippen LogP contribution in [0.25, 0.3) is 11.6 Å². The van der Waals surface area contributed by atoms with Crippen LogP contribution in [0.3, 0.4) is 0 Å². The summed E-state index contributed by atoms with van der Waals surface area (Å²) in [4.78, 5) is 37.8. The van der Waals surface area contributed by atoms with Crippen LogP contribution in [0.15, 0.2) is 42.5 Å². The molecule has 2 aromatic carbocycles. The molecular formula is C23H22N2O5. The van der Waals surface area contributed by atoms with Crippen LogP contribution in [0, 0.1) is 0 Å². The van der Waals surface area contributed by atoms with E-state index in [2.05, 4.69) is 5.32 Å². The summed E-state index contributed by atoms with van der Waals surface area (Å²) in [6, 6.07) is 12.4. The second-order valence-electron chi connectivity index (χ2n) is 7.13. The predicted molar refractivity (Wildman–Crippen MR) is 112 cm³/mol. The SMILES string of the molecule is COC(=O)c1ccc2c(c1)NC(=O)C2=Cc1ccccc1OCCN1CCCC1=O. The van der Waals surface area contributed by atoms with Crippen LogP contribution in [0.2, 0.25) is 0 Å². The number of rotatable bonds is 6. The van der Waals surface area contributed by atoms with Crippen molar-refractivity contribution in [3.05, 3.63) is 59.2 Å². The molecule has 1 fully saturated rings. The van der Waals surface area contributed by atoms with Crippen LogP contribution >= 0.6 is 0 Å². The summed E-state index contributed by atoms with van der Waals surface area (Å²) < 4.78 is 10.6. The number of carbonyl (C=O) groups is 3. The van der Waals surface area contributed by atoms with Gasteiger partial charge in [-0.1, -0.05) is 24.3 Å². The van der Waals surface area contributed by atoms with E-state index in [-0.39, 0.29) is 11.8 Å². The maximum Gasteiger partial charge on any atom is 0.337 e. The lowest BCUT2D eigenvalue weighted by atomic mass is 10.0. The van der Waals surface area contributed by atoms with Gasteiger partial charge < -0.3 is 19.7 Å². The van der Waals surface area contributed by atoms with Crippen LogP contribution in [-0.4, -0.2) is 49.5 Å². The van der Waals surface area contributed by atoms with Gasteiger partial charge in [0.2, 0.25) is 5.91 Å². The van der Waals surface area contributed by atoms with E-state index >= 15 is 0 Å². The third-order valence-electron chi connectivity index (χ3n) is 5.23. The number of esters is 1. The summed E-state index contributed by atoms with van der Waals surface area (Å²) in [7, 11) is 1.32. The van der Waals surface area contributed by atoms with Gasteiger partial charge >= 0.3 is 5.97 Å². The van der Waals surface area contributed by atoms with Gasteiger partial charge in [-0.2, -0.15) is 0 Å². The number of hydrogen-bond donors (Lipinski definition) is 1. The lowest BCUT2D eigenvalue weighted by molar-refractivity contribution is -0.128. The minimum atomic E-state index is -0.459. The van der Waals surface area contributed by atoms with Gasteiger partial charge in [-0.15, -0.1) is 0 Å². The Balaban J connectivity index is 1.55. The number of hydrogen-bond acceptors (Lipinski definition) is 5. The molecule has 0 aliphatic carbocycles. The standard InChI is InChI=1S/C23H22N2O5/c1-29-23(28)16-8-9-17-18(22(27)24-19(17)14-16)13-15-5-2-3-6-20(15)30-12-11-25-10-4-7-21(25)26/h2-3,5-6,8-9,13-14H,4,7,10-12H2,1H3,(H,24,27). The third-order valence-corrected chi connectivity index (χ3v) is 5.23. The molecule has 2 heterocycles. The van der Waals surface area contributed by atoms with Crippen LogP contribution in [0.1, 0.15) is 34.3 Å². The third kappa shape index (κ3) is 3.91. The number of methoxy groups -OCH3 is 1. The number of ether oxygens (including phenoxy) is 2. The van der Waals surface area contributed by atoms with Gasteiger partial charge in [0.05, 0.1) is 19.2 Å². The molecule has 0 radical (unpaired) electrons. The van der Waals surface area contributed by atoms with Gasteiger partial charge in [0.15, 0.2) is 0 Å². The lowest BCUT2D eigenvalue weighted by Crippen LogP contribution is -2.29. The van der Waals surface area contributed by atoms with Crippen LogP contribution < -0.4 is 10.1 Å². The molecule has 154 valence electrons.